The van der Waals surface area contributed by atoms with E-state index in [1.54, 1.807) is 35.6 Å². The topological polar surface area (TPSA) is 156 Å². The zero-order chi connectivity index (χ0) is 39.3. The molecule has 2 saturated carbocycles. The van der Waals surface area contributed by atoms with Gasteiger partial charge in [-0.05, 0) is 113 Å². The molecule has 1 saturated heterocycles. The number of benzene rings is 1. The molecule has 57 heavy (non-hydrogen) atoms. The van der Waals surface area contributed by atoms with Crippen molar-refractivity contribution in [2.45, 2.75) is 96.9 Å². The molecule has 5 aromatic rings. The predicted molar refractivity (Wildman–Crippen MR) is 217 cm³/mol. The monoisotopic (exact) mass is 802 g/mol. The molecule has 2 aliphatic heterocycles. The average molecular weight is 803 g/mol. The van der Waals surface area contributed by atoms with Crippen LogP contribution in [0.1, 0.15) is 101 Å². The number of piperidine rings is 1. The van der Waals surface area contributed by atoms with Crippen molar-refractivity contribution in [3.05, 3.63) is 98.2 Å². The van der Waals surface area contributed by atoms with Crippen molar-refractivity contribution in [2.75, 3.05) is 18.0 Å². The number of halogens is 1. The van der Waals surface area contributed by atoms with E-state index in [1.165, 1.54) is 10.4 Å². The molecular weight excluding hydrogens is 760 g/mol. The number of nitriles is 1. The summed E-state index contributed by atoms with van der Waals surface area (Å²) in [6.45, 7) is 8.53. The molecule has 0 radical (unpaired) electrons. The lowest BCUT2D eigenvalue weighted by Gasteiger charge is -2.51. The van der Waals surface area contributed by atoms with E-state index in [4.69, 9.17) is 36.3 Å². The van der Waals surface area contributed by atoms with Gasteiger partial charge >= 0.3 is 0 Å². The number of nitrogens with zero attached hydrogens (tertiary/aromatic N) is 9. The second kappa shape index (κ2) is 15.2. The number of ether oxygens (including phenoxy) is 2. The first kappa shape index (κ1) is 37.2. The van der Waals surface area contributed by atoms with Gasteiger partial charge in [-0.25, -0.2) is 4.98 Å². The van der Waals surface area contributed by atoms with E-state index < -0.39 is 0 Å². The quantitative estimate of drug-likeness (QED) is 0.169. The standard InChI is InChI=1S/C42H43ClN10O3S/c1-24-25(2)57-41-38(24)39(46-23-36-51-48-26(3)53(36)41)28-5-13-37(45-22-28)56-32-19-42(20-32)14-16-52(17-15-42)35-12-11-34(49-50-35)40(54)47-29-6-9-30(10-7-29)55-31-8-4-27(21-44)33(43)18-31/h4-5,8,11-13,18,22,29-30,32H,6-7,9-10,14-17,19-20,23H2,1-3H3,(H,47,54). The number of carbonyl (C=O) groups is 1. The van der Waals surface area contributed by atoms with Crippen LogP contribution in [0.5, 0.6) is 11.6 Å². The Morgan fingerprint density at radius 3 is 2.47 bits per heavy atom. The summed E-state index contributed by atoms with van der Waals surface area (Å²) < 4.78 is 14.6. The van der Waals surface area contributed by atoms with Crippen LogP contribution in [0, 0.1) is 37.5 Å². The molecule has 2 aliphatic carbocycles. The lowest BCUT2D eigenvalue weighted by Crippen LogP contribution is -2.51. The van der Waals surface area contributed by atoms with Crippen LogP contribution in [0.15, 0.2) is 53.7 Å². The van der Waals surface area contributed by atoms with Crippen LogP contribution in [0.25, 0.3) is 5.00 Å². The fraction of sp³-hybridized carbons (Fsp3) is 0.429. The fourth-order valence-electron chi connectivity index (χ4n) is 8.70. The van der Waals surface area contributed by atoms with Crippen molar-refractivity contribution in [1.82, 2.24) is 35.3 Å². The smallest absolute Gasteiger partial charge is 0.272 e. The zero-order valence-corrected chi connectivity index (χ0v) is 33.7. The molecule has 1 spiro atoms. The van der Waals surface area contributed by atoms with Gasteiger partial charge in [0.05, 0.1) is 22.4 Å². The van der Waals surface area contributed by atoms with Gasteiger partial charge in [-0.15, -0.1) is 31.7 Å². The Hall–Kier alpha value is -5.39. The number of pyridine rings is 1. The number of aliphatic imine (C=N–C) groups is 1. The molecule has 0 bridgehead atoms. The predicted octanol–water partition coefficient (Wildman–Crippen LogP) is 7.26. The van der Waals surface area contributed by atoms with Gasteiger partial charge < -0.3 is 19.7 Å². The normalized spacial score (nSPS) is 20.1. The lowest BCUT2D eigenvalue weighted by atomic mass is 9.61. The molecule has 0 atom stereocenters. The number of thiophene rings is 1. The number of hydrogen-bond acceptors (Lipinski definition) is 12. The van der Waals surface area contributed by atoms with Gasteiger partial charge in [-0.2, -0.15) is 5.26 Å². The van der Waals surface area contributed by atoms with Crippen molar-refractivity contribution in [1.29, 1.82) is 5.26 Å². The molecule has 6 heterocycles. The van der Waals surface area contributed by atoms with Crippen molar-refractivity contribution < 1.29 is 14.3 Å². The number of rotatable bonds is 8. The molecular formula is C42H43ClN10O3S. The minimum atomic E-state index is -0.208. The third kappa shape index (κ3) is 7.34. The summed E-state index contributed by atoms with van der Waals surface area (Å²) in [5, 5.41) is 31.2. The summed E-state index contributed by atoms with van der Waals surface area (Å²) in [5.41, 5.74) is 5.26. The van der Waals surface area contributed by atoms with E-state index in [9.17, 15) is 4.79 Å². The number of aryl methyl sites for hydroxylation is 2. The second-order valence-electron chi connectivity index (χ2n) is 15.7. The summed E-state index contributed by atoms with van der Waals surface area (Å²) in [6.07, 6.45) is 9.41. The third-order valence-corrected chi connectivity index (χ3v) is 13.6. The van der Waals surface area contributed by atoms with Crippen molar-refractivity contribution in [3.8, 4) is 22.7 Å². The molecule has 3 fully saturated rings. The highest BCUT2D eigenvalue weighted by molar-refractivity contribution is 7.15. The number of fused-ring (bicyclic) bond motifs is 3. The molecule has 0 unspecified atom stereocenters. The van der Waals surface area contributed by atoms with Crippen LogP contribution in [-0.4, -0.2) is 72.9 Å². The summed E-state index contributed by atoms with van der Waals surface area (Å²) in [5.74, 6) is 3.60. The number of amides is 1. The Kier molecular flexibility index (Phi) is 9.90. The number of carbonyl (C=O) groups excluding carboxylic acids is 1. The Morgan fingerprint density at radius 1 is 0.965 bits per heavy atom. The Morgan fingerprint density at radius 2 is 1.77 bits per heavy atom. The first-order valence-corrected chi connectivity index (χ1v) is 20.8. The Bertz CT molecular complexity index is 2380. The van der Waals surface area contributed by atoms with Crippen LogP contribution in [-0.2, 0) is 6.54 Å². The average Bonchev–Trinajstić information content (AvgIpc) is 3.66. The van der Waals surface area contributed by atoms with E-state index in [1.807, 2.05) is 25.3 Å². The van der Waals surface area contributed by atoms with Gasteiger partial charge in [-0.1, -0.05) is 11.6 Å². The molecule has 4 aromatic heterocycles. The molecule has 13 nitrogen and oxygen atoms in total. The second-order valence-corrected chi connectivity index (χ2v) is 17.4. The van der Waals surface area contributed by atoms with Crippen molar-refractivity contribution in [2.24, 2.45) is 10.4 Å². The highest BCUT2D eigenvalue weighted by Crippen LogP contribution is 2.50. The minimum absolute atomic E-state index is 0.0338. The molecule has 1 aromatic carbocycles. The Labute approximate surface area is 340 Å². The van der Waals surface area contributed by atoms with Gasteiger partial charge in [0.2, 0.25) is 5.88 Å². The molecule has 1 amide bonds. The van der Waals surface area contributed by atoms with Crippen LogP contribution in [0.2, 0.25) is 5.02 Å². The summed E-state index contributed by atoms with van der Waals surface area (Å²) >= 11 is 7.91. The first-order chi connectivity index (χ1) is 27.6. The van der Waals surface area contributed by atoms with E-state index in [0.29, 0.717) is 34.5 Å². The minimum Gasteiger partial charge on any atom is -0.490 e. The van der Waals surface area contributed by atoms with Crippen LogP contribution in [0.3, 0.4) is 0 Å². The number of anilines is 1. The SMILES string of the molecule is Cc1sc2c(c1C)C(c1ccc(OC3CC4(CCN(c5ccc(C(=O)NC6CCC(Oc7ccc(C#N)c(Cl)c7)CC6)nn5)CC4)C3)nc1)=NCc1nnc(C)n1-2. The van der Waals surface area contributed by atoms with E-state index in [0.717, 1.165) is 104 Å². The lowest BCUT2D eigenvalue weighted by molar-refractivity contribution is -0.0332. The number of hydrogen-bond donors (Lipinski definition) is 1. The maximum absolute atomic E-state index is 13.0. The molecule has 1 N–H and O–H groups in total. The van der Waals surface area contributed by atoms with Crippen LogP contribution in [0.4, 0.5) is 5.82 Å². The van der Waals surface area contributed by atoms with Crippen molar-refractivity contribution >= 4 is 40.4 Å². The molecule has 15 heteroatoms. The molecule has 292 valence electrons. The van der Waals surface area contributed by atoms with Gasteiger partial charge in [0.25, 0.3) is 5.91 Å². The highest BCUT2D eigenvalue weighted by atomic mass is 35.5. The summed E-state index contributed by atoms with van der Waals surface area (Å²) in [4.78, 5) is 26.3. The number of nitrogens with one attached hydrogen (secondary N) is 1. The van der Waals surface area contributed by atoms with E-state index in [-0.39, 0.29) is 29.6 Å². The largest absolute Gasteiger partial charge is 0.490 e. The zero-order valence-electron chi connectivity index (χ0n) is 32.2. The maximum Gasteiger partial charge on any atom is 0.272 e. The number of aromatic nitrogens is 6. The van der Waals surface area contributed by atoms with Crippen LogP contribution >= 0.6 is 22.9 Å². The van der Waals surface area contributed by atoms with Gasteiger partial charge in [0.15, 0.2) is 17.3 Å². The first-order valence-electron chi connectivity index (χ1n) is 19.6. The van der Waals surface area contributed by atoms with Crippen molar-refractivity contribution in [3.63, 3.8) is 0 Å². The summed E-state index contributed by atoms with van der Waals surface area (Å²) in [7, 11) is 0. The fourth-order valence-corrected chi connectivity index (χ4v) is 10.1. The highest BCUT2D eigenvalue weighted by Gasteiger charge is 2.47. The van der Waals surface area contributed by atoms with Gasteiger partial charge in [0.1, 0.15) is 35.3 Å². The molecule has 9 rings (SSSR count). The van der Waals surface area contributed by atoms with Crippen LogP contribution < -0.4 is 19.7 Å². The maximum atomic E-state index is 13.0. The molecule has 4 aliphatic rings. The summed E-state index contributed by atoms with van der Waals surface area (Å²) in [6, 6.07) is 14.9. The Balaban J connectivity index is 0.730. The van der Waals surface area contributed by atoms with E-state index >= 15 is 0 Å². The van der Waals surface area contributed by atoms with E-state index in [2.05, 4.69) is 61.2 Å². The van der Waals surface area contributed by atoms with Gasteiger partial charge in [-0.3, -0.25) is 14.4 Å². The van der Waals surface area contributed by atoms with Gasteiger partial charge in [0, 0.05) is 53.5 Å². The third-order valence-electron chi connectivity index (χ3n) is 12.1.